The van der Waals surface area contributed by atoms with Crippen molar-refractivity contribution in [3.63, 3.8) is 0 Å². The summed E-state index contributed by atoms with van der Waals surface area (Å²) in [5, 5.41) is 6.05. The molecule has 2 N–H and O–H groups in total. The van der Waals surface area contributed by atoms with Gasteiger partial charge in [-0.3, -0.25) is 9.59 Å². The molecule has 2 aliphatic rings. The predicted octanol–water partition coefficient (Wildman–Crippen LogP) is -0.898. The fourth-order valence-corrected chi connectivity index (χ4v) is 2.39. The van der Waals surface area contributed by atoms with Gasteiger partial charge in [-0.1, -0.05) is 0 Å². The van der Waals surface area contributed by atoms with E-state index in [2.05, 4.69) is 10.6 Å². The van der Waals surface area contributed by atoms with Crippen molar-refractivity contribution < 1.29 is 14.3 Å². The van der Waals surface area contributed by atoms with Crippen LogP contribution in [0.2, 0.25) is 0 Å². The number of hydrogen-bond donors (Lipinski definition) is 2. The third-order valence-electron chi connectivity index (χ3n) is 3.43. The van der Waals surface area contributed by atoms with Gasteiger partial charge in [-0.15, -0.1) is 0 Å². The molecule has 2 heterocycles. The van der Waals surface area contributed by atoms with Gasteiger partial charge in [-0.2, -0.15) is 0 Å². The minimum Gasteiger partial charge on any atom is -0.378 e. The van der Waals surface area contributed by atoms with Gasteiger partial charge < -0.3 is 20.3 Å². The Morgan fingerprint density at radius 2 is 2.44 bits per heavy atom. The number of hydrogen-bond acceptors (Lipinski definition) is 4. The summed E-state index contributed by atoms with van der Waals surface area (Å²) in [5.74, 6) is -0.0610. The number of piperidine rings is 1. The third-order valence-corrected chi connectivity index (χ3v) is 3.43. The molecule has 0 spiro atoms. The van der Waals surface area contributed by atoms with E-state index in [0.717, 1.165) is 25.9 Å². The molecule has 6 heteroatoms. The molecule has 102 valence electrons. The van der Waals surface area contributed by atoms with Crippen molar-refractivity contribution in [2.75, 3.05) is 33.4 Å². The maximum atomic E-state index is 11.9. The lowest BCUT2D eigenvalue weighted by Gasteiger charge is -2.30. The van der Waals surface area contributed by atoms with Gasteiger partial charge in [0.2, 0.25) is 11.8 Å². The number of nitrogens with one attached hydrogen (secondary N) is 2. The average Bonchev–Trinajstić information content (AvgIpc) is 2.36. The number of morpholine rings is 1. The molecule has 2 fully saturated rings. The van der Waals surface area contributed by atoms with Gasteiger partial charge in [0, 0.05) is 32.6 Å². The standard InChI is InChI=1S/C12H21N3O3/c1-15-5-2-3-10(12(15)17)14-11(16)7-9-8-18-6-4-13-9/h9-10,13H,2-8H2,1H3,(H,14,16). The Morgan fingerprint density at radius 1 is 1.61 bits per heavy atom. The molecule has 0 aliphatic carbocycles. The van der Waals surface area contributed by atoms with E-state index >= 15 is 0 Å². The fraction of sp³-hybridized carbons (Fsp3) is 0.833. The first-order chi connectivity index (χ1) is 8.66. The lowest BCUT2D eigenvalue weighted by Crippen LogP contribution is -2.52. The highest BCUT2D eigenvalue weighted by Gasteiger charge is 2.28. The molecule has 0 saturated carbocycles. The second-order valence-electron chi connectivity index (χ2n) is 4.95. The molecular formula is C12H21N3O3. The van der Waals surface area contributed by atoms with Crippen LogP contribution in [0.4, 0.5) is 0 Å². The van der Waals surface area contributed by atoms with Gasteiger partial charge >= 0.3 is 0 Å². The van der Waals surface area contributed by atoms with Crippen LogP contribution >= 0.6 is 0 Å². The Hall–Kier alpha value is -1.14. The molecule has 2 amide bonds. The molecule has 2 aliphatic heterocycles. The van der Waals surface area contributed by atoms with Crippen LogP contribution < -0.4 is 10.6 Å². The van der Waals surface area contributed by atoms with Crippen molar-refractivity contribution in [2.45, 2.75) is 31.3 Å². The number of nitrogens with zero attached hydrogens (tertiary/aromatic N) is 1. The maximum absolute atomic E-state index is 11.9. The Balaban J connectivity index is 1.77. The highest BCUT2D eigenvalue weighted by molar-refractivity contribution is 5.88. The Bertz CT molecular complexity index is 316. The Kier molecular flexibility index (Phi) is 4.54. The number of likely N-dealkylation sites (N-methyl/N-ethyl adjacent to an activating group) is 1. The monoisotopic (exact) mass is 255 g/mol. The van der Waals surface area contributed by atoms with Crippen LogP contribution in [0.5, 0.6) is 0 Å². The molecule has 0 bridgehead atoms. The van der Waals surface area contributed by atoms with E-state index in [1.807, 2.05) is 0 Å². The summed E-state index contributed by atoms with van der Waals surface area (Å²) in [4.78, 5) is 25.4. The van der Waals surface area contributed by atoms with Crippen LogP contribution in [0.3, 0.4) is 0 Å². The molecule has 0 aromatic heterocycles. The van der Waals surface area contributed by atoms with Crippen molar-refractivity contribution in [2.24, 2.45) is 0 Å². The van der Waals surface area contributed by atoms with Crippen LogP contribution in [-0.2, 0) is 14.3 Å². The van der Waals surface area contributed by atoms with Crippen molar-refractivity contribution >= 4 is 11.8 Å². The lowest BCUT2D eigenvalue weighted by atomic mass is 10.0. The molecule has 18 heavy (non-hydrogen) atoms. The zero-order valence-corrected chi connectivity index (χ0v) is 10.8. The molecule has 0 aromatic carbocycles. The van der Waals surface area contributed by atoms with E-state index in [1.54, 1.807) is 11.9 Å². The first kappa shape index (κ1) is 13.3. The molecule has 0 aromatic rings. The van der Waals surface area contributed by atoms with E-state index in [9.17, 15) is 9.59 Å². The van der Waals surface area contributed by atoms with Gasteiger partial charge in [0.05, 0.1) is 13.2 Å². The fourth-order valence-electron chi connectivity index (χ4n) is 2.39. The number of rotatable bonds is 3. The zero-order valence-electron chi connectivity index (χ0n) is 10.8. The molecule has 6 nitrogen and oxygen atoms in total. The molecule has 2 rings (SSSR count). The number of amides is 2. The minimum atomic E-state index is -0.347. The highest BCUT2D eigenvalue weighted by atomic mass is 16.5. The quantitative estimate of drug-likeness (QED) is 0.686. The molecular weight excluding hydrogens is 234 g/mol. The van der Waals surface area contributed by atoms with Crippen LogP contribution in [0.1, 0.15) is 19.3 Å². The number of carbonyl (C=O) groups is 2. The zero-order chi connectivity index (χ0) is 13.0. The summed E-state index contributed by atoms with van der Waals surface area (Å²) in [6, 6.07) is -0.282. The van der Waals surface area contributed by atoms with E-state index in [0.29, 0.717) is 19.6 Å². The van der Waals surface area contributed by atoms with Gasteiger partial charge in [0.15, 0.2) is 0 Å². The summed E-state index contributed by atoms with van der Waals surface area (Å²) < 4.78 is 5.29. The van der Waals surface area contributed by atoms with Crippen molar-refractivity contribution in [1.82, 2.24) is 15.5 Å². The molecule has 2 saturated heterocycles. The maximum Gasteiger partial charge on any atom is 0.244 e. The number of ether oxygens (including phenoxy) is 1. The van der Waals surface area contributed by atoms with Crippen LogP contribution in [0.25, 0.3) is 0 Å². The smallest absolute Gasteiger partial charge is 0.244 e. The van der Waals surface area contributed by atoms with Crippen LogP contribution in [0.15, 0.2) is 0 Å². The topological polar surface area (TPSA) is 70.7 Å². The van der Waals surface area contributed by atoms with E-state index in [4.69, 9.17) is 4.74 Å². The van der Waals surface area contributed by atoms with Gasteiger partial charge in [0.1, 0.15) is 6.04 Å². The molecule has 2 atom stereocenters. The summed E-state index contributed by atoms with van der Waals surface area (Å²) in [6.07, 6.45) is 2.05. The highest BCUT2D eigenvalue weighted by Crippen LogP contribution is 2.10. The van der Waals surface area contributed by atoms with E-state index in [1.165, 1.54) is 0 Å². The van der Waals surface area contributed by atoms with Gasteiger partial charge in [-0.05, 0) is 12.8 Å². The largest absolute Gasteiger partial charge is 0.378 e. The number of carbonyl (C=O) groups excluding carboxylic acids is 2. The van der Waals surface area contributed by atoms with Gasteiger partial charge in [0.25, 0.3) is 0 Å². The number of likely N-dealkylation sites (tertiary alicyclic amines) is 1. The minimum absolute atomic E-state index is 0.0162. The van der Waals surface area contributed by atoms with Crippen molar-refractivity contribution in [3.05, 3.63) is 0 Å². The normalized spacial score (nSPS) is 29.2. The van der Waals surface area contributed by atoms with Crippen LogP contribution in [-0.4, -0.2) is 62.1 Å². The third kappa shape index (κ3) is 3.43. The van der Waals surface area contributed by atoms with Crippen LogP contribution in [0, 0.1) is 0 Å². The van der Waals surface area contributed by atoms with E-state index in [-0.39, 0.29) is 23.9 Å². The molecule has 2 unspecified atom stereocenters. The predicted molar refractivity (Wildman–Crippen MR) is 66.0 cm³/mol. The van der Waals surface area contributed by atoms with Gasteiger partial charge in [-0.25, -0.2) is 0 Å². The lowest BCUT2D eigenvalue weighted by molar-refractivity contribution is -0.137. The second-order valence-corrected chi connectivity index (χ2v) is 4.95. The summed E-state index contributed by atoms with van der Waals surface area (Å²) in [7, 11) is 1.77. The SMILES string of the molecule is CN1CCCC(NC(=O)CC2COCCN2)C1=O. The van der Waals surface area contributed by atoms with Crippen molar-refractivity contribution in [3.8, 4) is 0 Å². The second kappa shape index (κ2) is 6.15. The molecule has 0 radical (unpaired) electrons. The van der Waals surface area contributed by atoms with E-state index < -0.39 is 0 Å². The average molecular weight is 255 g/mol. The Labute approximate surface area is 107 Å². The summed E-state index contributed by atoms with van der Waals surface area (Å²) in [5.41, 5.74) is 0. The van der Waals surface area contributed by atoms with Crippen molar-refractivity contribution in [1.29, 1.82) is 0 Å². The Morgan fingerprint density at radius 3 is 3.17 bits per heavy atom. The summed E-state index contributed by atoms with van der Waals surface area (Å²) in [6.45, 7) is 2.82. The first-order valence-corrected chi connectivity index (χ1v) is 6.52. The summed E-state index contributed by atoms with van der Waals surface area (Å²) >= 11 is 0. The first-order valence-electron chi connectivity index (χ1n) is 6.52.